The SMILES string of the molecule is CC(C)[C@@H]1NC(=O)[C@H](CCCCN)NC(=O)[C@H](Cc2c[nH]c3ccccc23)NC(=O)[C@H](Cc2ccc(O)cc2)NC(=O)[C@@H](NC(=O)[C@H](N)Cc2ccc3ccccc3c2)CCC(=O)NCC[C@@H](C(=O)N[C@H](C(N)=O)C(C)O)NC1=O. The van der Waals surface area contributed by atoms with Crippen LogP contribution in [0, 0.1) is 5.92 Å². The molecule has 23 heteroatoms. The topological polar surface area (TPSA) is 384 Å². The Balaban J connectivity index is 1.39. The van der Waals surface area contributed by atoms with Crippen LogP contribution in [0.25, 0.3) is 21.7 Å². The van der Waals surface area contributed by atoms with Gasteiger partial charge in [-0.15, -0.1) is 0 Å². The summed E-state index contributed by atoms with van der Waals surface area (Å²) < 4.78 is 0. The number of hydrogen-bond donors (Lipinski definition) is 14. The van der Waals surface area contributed by atoms with Crippen molar-refractivity contribution in [2.24, 2.45) is 23.1 Å². The first-order valence-corrected chi connectivity index (χ1v) is 26.8. The van der Waals surface area contributed by atoms with E-state index in [4.69, 9.17) is 17.2 Å². The zero-order valence-electron chi connectivity index (χ0n) is 45.1. The first kappa shape index (κ1) is 60.8. The summed E-state index contributed by atoms with van der Waals surface area (Å²) in [5.74, 6) is -8.35. The molecule has 1 aliphatic heterocycles. The fourth-order valence-electron chi connectivity index (χ4n) is 9.37. The number of H-pyrrole nitrogens is 1. The van der Waals surface area contributed by atoms with Crippen LogP contribution >= 0.6 is 0 Å². The maximum Gasteiger partial charge on any atom is 0.243 e. The number of unbranched alkanes of at least 4 members (excludes halogenated alkanes) is 1. The van der Waals surface area contributed by atoms with Gasteiger partial charge in [-0.05, 0) is 104 Å². The third kappa shape index (κ3) is 17.3. The molecule has 5 aromatic rings. The van der Waals surface area contributed by atoms with Crippen LogP contribution in [0.2, 0.25) is 0 Å². The lowest BCUT2D eigenvalue weighted by atomic mass is 9.99. The van der Waals surface area contributed by atoms with E-state index >= 15 is 0 Å². The number of carbonyl (C=O) groups is 9. The summed E-state index contributed by atoms with van der Waals surface area (Å²) in [5, 5.41) is 44.4. The molecule has 2 heterocycles. The number of nitrogens with two attached hydrogens (primary N) is 3. The Bertz CT molecular complexity index is 3000. The second-order valence-corrected chi connectivity index (χ2v) is 20.6. The highest BCUT2D eigenvalue weighted by Crippen LogP contribution is 2.21. The number of aromatic amines is 1. The highest BCUT2D eigenvalue weighted by atomic mass is 16.3. The number of aliphatic hydroxyl groups is 1. The number of nitrogens with one attached hydrogen (secondary N) is 9. The number of aromatic nitrogens is 1. The molecule has 0 aliphatic carbocycles. The van der Waals surface area contributed by atoms with Gasteiger partial charge in [0, 0.05) is 42.9 Å². The maximum atomic E-state index is 14.9. The van der Waals surface area contributed by atoms with Gasteiger partial charge in [0.2, 0.25) is 53.2 Å². The fraction of sp³-hybridized carbons (Fsp3) is 0.421. The van der Waals surface area contributed by atoms with Gasteiger partial charge in [-0.25, -0.2) is 0 Å². The number of aromatic hydroxyl groups is 1. The minimum atomic E-state index is -1.58. The standard InChI is InChI=1S/C57H74N12O11/c1-31(2)48-57(80)65-44(54(77)69-49(32(3)70)50(60)73)23-25-61-47(72)22-21-43(63-51(74)40(59)27-34-15-18-35-10-4-5-11-36(35)26-34)52(75)66-45(28-33-16-19-38(71)20-17-33)55(78)67-46(29-37-30-62-41-13-7-6-12-39(37)41)56(79)64-42(53(76)68-48)14-8-9-24-58/h4-7,10-13,15-20,26,30-32,40,42-46,48-49,62,70-71H,8-9,14,21-25,27-29,58-59H2,1-3H3,(H2,60,73)(H,61,72)(H,63,74)(H,64,79)(H,65,80)(H,66,75)(H,67,78)(H,68,76)(H,69,77)/t32?,40-,42+,43+,44+,45+,46+,48+,49+/m1/s1. The van der Waals surface area contributed by atoms with Gasteiger partial charge in [-0.2, -0.15) is 0 Å². The smallest absolute Gasteiger partial charge is 0.243 e. The largest absolute Gasteiger partial charge is 0.508 e. The number of phenolic OH excluding ortho intramolecular Hbond substituents is 1. The molecule has 0 spiro atoms. The summed E-state index contributed by atoms with van der Waals surface area (Å²) in [4.78, 5) is 130. The van der Waals surface area contributed by atoms with Gasteiger partial charge in [0.1, 0.15) is 48.0 Å². The highest BCUT2D eigenvalue weighted by molar-refractivity contribution is 5.99. The Hall–Kier alpha value is -8.41. The minimum absolute atomic E-state index is 0.0338. The summed E-state index contributed by atoms with van der Waals surface area (Å²) in [6.45, 7) is 4.47. The molecule has 1 aromatic heterocycles. The lowest BCUT2D eigenvalue weighted by Crippen LogP contribution is -2.62. The number of rotatable bonds is 17. The lowest BCUT2D eigenvalue weighted by Gasteiger charge is -2.29. The van der Waals surface area contributed by atoms with Crippen LogP contribution in [0.5, 0.6) is 5.75 Å². The Kier molecular flexibility index (Phi) is 22.0. The molecule has 1 unspecified atom stereocenters. The summed E-state index contributed by atoms with van der Waals surface area (Å²) >= 11 is 0. The van der Waals surface area contributed by atoms with E-state index in [9.17, 15) is 53.4 Å². The molecule has 80 heavy (non-hydrogen) atoms. The van der Waals surface area contributed by atoms with E-state index in [1.165, 1.54) is 31.2 Å². The van der Waals surface area contributed by atoms with Crippen LogP contribution in [-0.2, 0) is 62.4 Å². The molecule has 0 bridgehead atoms. The normalized spacial score (nSPS) is 21.5. The van der Waals surface area contributed by atoms with Crippen LogP contribution < -0.4 is 59.7 Å². The number of primary amides is 1. The Morgan fingerprint density at radius 1 is 0.713 bits per heavy atom. The molecule has 23 nitrogen and oxygen atoms in total. The summed E-state index contributed by atoms with van der Waals surface area (Å²) in [5.41, 5.74) is 20.3. The van der Waals surface area contributed by atoms with E-state index in [1.807, 2.05) is 60.7 Å². The van der Waals surface area contributed by atoms with Gasteiger partial charge in [0.25, 0.3) is 0 Å². The van der Waals surface area contributed by atoms with Crippen LogP contribution in [0.1, 0.15) is 76.0 Å². The molecule has 9 atom stereocenters. The van der Waals surface area contributed by atoms with Crippen LogP contribution in [0.3, 0.4) is 0 Å². The predicted octanol–water partition coefficient (Wildman–Crippen LogP) is -0.273. The number of benzene rings is 4. The van der Waals surface area contributed by atoms with Crippen LogP contribution in [0.15, 0.2) is 97.2 Å². The average molecular weight is 1100 g/mol. The quantitative estimate of drug-likeness (QED) is 0.0534. The Labute approximate surface area is 463 Å². The van der Waals surface area contributed by atoms with Crippen molar-refractivity contribution in [2.45, 2.75) is 133 Å². The summed E-state index contributed by atoms with van der Waals surface area (Å²) in [7, 11) is 0. The molecular weight excluding hydrogens is 1030 g/mol. The molecule has 9 amide bonds. The molecule has 1 aliphatic rings. The van der Waals surface area contributed by atoms with Crippen molar-refractivity contribution in [3.8, 4) is 5.75 Å². The van der Waals surface area contributed by atoms with Gasteiger partial charge in [-0.3, -0.25) is 43.2 Å². The van der Waals surface area contributed by atoms with E-state index in [2.05, 4.69) is 47.5 Å². The van der Waals surface area contributed by atoms with E-state index in [1.54, 1.807) is 26.1 Å². The second-order valence-electron chi connectivity index (χ2n) is 20.6. The molecule has 1 fully saturated rings. The molecule has 17 N–H and O–H groups in total. The Morgan fingerprint density at radius 3 is 2.04 bits per heavy atom. The van der Waals surface area contributed by atoms with E-state index in [-0.39, 0.29) is 57.4 Å². The van der Waals surface area contributed by atoms with Crippen molar-refractivity contribution in [3.05, 3.63) is 114 Å². The summed E-state index contributed by atoms with van der Waals surface area (Å²) in [6.07, 6.45) is -0.266. The molecule has 428 valence electrons. The first-order chi connectivity index (χ1) is 38.2. The van der Waals surface area contributed by atoms with Gasteiger partial charge in [-0.1, -0.05) is 86.6 Å². The number of phenols is 1. The van der Waals surface area contributed by atoms with Gasteiger partial charge in [0.15, 0.2) is 0 Å². The minimum Gasteiger partial charge on any atom is -0.508 e. The summed E-state index contributed by atoms with van der Waals surface area (Å²) in [6, 6.07) is 15.1. The average Bonchev–Trinajstić information content (AvgIpc) is 3.84. The maximum absolute atomic E-state index is 14.9. The van der Waals surface area contributed by atoms with Gasteiger partial charge < -0.3 is 74.9 Å². The molecule has 6 rings (SSSR count). The second kappa shape index (κ2) is 29.0. The molecule has 4 aromatic carbocycles. The number of para-hydroxylation sites is 1. The fourth-order valence-corrected chi connectivity index (χ4v) is 9.37. The highest BCUT2D eigenvalue weighted by Gasteiger charge is 2.36. The zero-order valence-corrected chi connectivity index (χ0v) is 45.1. The molecular formula is C57H74N12O11. The van der Waals surface area contributed by atoms with Crippen LogP contribution in [-0.4, -0.2) is 136 Å². The van der Waals surface area contributed by atoms with Crippen molar-refractivity contribution >= 4 is 74.8 Å². The van der Waals surface area contributed by atoms with Gasteiger partial charge >= 0.3 is 0 Å². The third-order valence-corrected chi connectivity index (χ3v) is 13.9. The zero-order chi connectivity index (χ0) is 58.0. The van der Waals surface area contributed by atoms with Crippen molar-refractivity contribution in [2.75, 3.05) is 13.1 Å². The number of fused-ring (bicyclic) bond motifs is 2. The predicted molar refractivity (Wildman–Crippen MR) is 298 cm³/mol. The molecule has 0 radical (unpaired) electrons. The van der Waals surface area contributed by atoms with Crippen molar-refractivity contribution in [1.29, 1.82) is 0 Å². The van der Waals surface area contributed by atoms with Crippen molar-refractivity contribution in [3.63, 3.8) is 0 Å². The Morgan fingerprint density at radius 2 is 1.35 bits per heavy atom. The van der Waals surface area contributed by atoms with Crippen molar-refractivity contribution in [1.82, 2.24) is 47.5 Å². The van der Waals surface area contributed by atoms with Gasteiger partial charge in [0.05, 0.1) is 12.1 Å². The molecule has 1 saturated heterocycles. The van der Waals surface area contributed by atoms with Crippen LogP contribution in [0.4, 0.5) is 0 Å². The first-order valence-electron chi connectivity index (χ1n) is 26.8. The third-order valence-electron chi connectivity index (χ3n) is 13.9. The number of amides is 9. The van der Waals surface area contributed by atoms with Crippen molar-refractivity contribution < 1.29 is 53.4 Å². The number of hydrogen-bond acceptors (Lipinski definition) is 13. The van der Waals surface area contributed by atoms with E-state index in [0.29, 0.717) is 24.0 Å². The molecule has 0 saturated carbocycles. The van der Waals surface area contributed by atoms with E-state index < -0.39 is 120 Å². The lowest BCUT2D eigenvalue weighted by molar-refractivity contribution is -0.136. The monoisotopic (exact) mass is 1100 g/mol. The van der Waals surface area contributed by atoms with E-state index in [0.717, 1.165) is 27.2 Å². The number of carbonyl (C=O) groups excluding carboxylic acids is 9. The number of aliphatic hydroxyl groups excluding tert-OH is 1.